The van der Waals surface area contributed by atoms with Gasteiger partial charge in [0, 0.05) is 10.2 Å². The molecule has 19 heavy (non-hydrogen) atoms. The van der Waals surface area contributed by atoms with Gasteiger partial charge in [0.2, 0.25) is 5.91 Å². The Hall–Kier alpha value is -0.870. The van der Waals surface area contributed by atoms with E-state index in [1.807, 2.05) is 25.1 Å². The first-order valence-corrected chi connectivity index (χ1v) is 7.56. The molecule has 1 aromatic carbocycles. The van der Waals surface area contributed by atoms with Gasteiger partial charge in [-0.2, -0.15) is 0 Å². The van der Waals surface area contributed by atoms with E-state index in [0.717, 1.165) is 35.0 Å². The maximum absolute atomic E-state index is 12.4. The highest BCUT2D eigenvalue weighted by atomic mass is 79.9. The van der Waals surface area contributed by atoms with Crippen LogP contribution in [-0.2, 0) is 4.79 Å². The molecular weight excluding hydrogens is 304 g/mol. The van der Waals surface area contributed by atoms with Crippen LogP contribution in [0.25, 0.3) is 0 Å². The maximum atomic E-state index is 12.4. The predicted octanol–water partition coefficient (Wildman–Crippen LogP) is 3.60. The summed E-state index contributed by atoms with van der Waals surface area (Å²) in [5.41, 5.74) is 7.49. The predicted molar refractivity (Wildman–Crippen MR) is 82.1 cm³/mol. The summed E-state index contributed by atoms with van der Waals surface area (Å²) >= 11 is 3.45. The highest BCUT2D eigenvalue weighted by Crippen LogP contribution is 2.31. The summed E-state index contributed by atoms with van der Waals surface area (Å²) in [5.74, 6) is 0.469. The first-order chi connectivity index (χ1) is 8.90. The van der Waals surface area contributed by atoms with Crippen molar-refractivity contribution in [1.82, 2.24) is 0 Å². The molecule has 0 bridgehead atoms. The van der Waals surface area contributed by atoms with Crippen LogP contribution in [-0.4, -0.2) is 11.4 Å². The lowest BCUT2D eigenvalue weighted by molar-refractivity contribution is -0.122. The van der Waals surface area contributed by atoms with E-state index in [0.29, 0.717) is 5.92 Å². The van der Waals surface area contributed by atoms with E-state index in [1.54, 1.807) is 0 Å². The first-order valence-electron chi connectivity index (χ1n) is 6.77. The fraction of sp³-hybridized carbons (Fsp3) is 0.533. The Kier molecular flexibility index (Phi) is 4.31. The molecule has 1 aromatic rings. The summed E-state index contributed by atoms with van der Waals surface area (Å²) in [6.07, 6.45) is 3.75. The lowest BCUT2D eigenvalue weighted by Gasteiger charge is -2.35. The Bertz CT molecular complexity index is 489. The van der Waals surface area contributed by atoms with Crippen molar-refractivity contribution < 1.29 is 4.79 Å². The Balaban J connectivity index is 2.09. The van der Waals surface area contributed by atoms with Crippen molar-refractivity contribution in [2.45, 2.75) is 45.1 Å². The molecule has 3 N–H and O–H groups in total. The van der Waals surface area contributed by atoms with Crippen LogP contribution < -0.4 is 11.1 Å². The van der Waals surface area contributed by atoms with E-state index >= 15 is 0 Å². The lowest BCUT2D eigenvalue weighted by Crippen LogP contribution is -2.53. The van der Waals surface area contributed by atoms with Gasteiger partial charge in [0.1, 0.15) is 0 Å². The van der Waals surface area contributed by atoms with Gasteiger partial charge in [-0.3, -0.25) is 4.79 Å². The van der Waals surface area contributed by atoms with E-state index in [9.17, 15) is 4.79 Å². The third-order valence-corrected chi connectivity index (χ3v) is 4.79. The molecule has 1 aliphatic carbocycles. The number of anilines is 1. The molecule has 2 unspecified atom stereocenters. The van der Waals surface area contributed by atoms with Crippen molar-refractivity contribution in [3.8, 4) is 0 Å². The van der Waals surface area contributed by atoms with Crippen molar-refractivity contribution >= 4 is 27.5 Å². The summed E-state index contributed by atoms with van der Waals surface area (Å²) in [6, 6.07) is 5.79. The summed E-state index contributed by atoms with van der Waals surface area (Å²) in [5, 5.41) is 2.96. The Morgan fingerprint density at radius 3 is 2.89 bits per heavy atom. The fourth-order valence-corrected chi connectivity index (χ4v) is 3.02. The van der Waals surface area contributed by atoms with Crippen molar-refractivity contribution in [2.75, 3.05) is 5.32 Å². The molecule has 104 valence electrons. The summed E-state index contributed by atoms with van der Waals surface area (Å²) in [7, 11) is 0. The van der Waals surface area contributed by atoms with Gasteiger partial charge in [-0.25, -0.2) is 0 Å². The molecule has 0 heterocycles. The van der Waals surface area contributed by atoms with Gasteiger partial charge < -0.3 is 11.1 Å². The molecule has 0 radical (unpaired) electrons. The molecule has 1 saturated carbocycles. The van der Waals surface area contributed by atoms with Crippen LogP contribution in [0.3, 0.4) is 0 Å². The number of hydrogen-bond acceptors (Lipinski definition) is 2. The Labute approximate surface area is 123 Å². The molecule has 2 rings (SSSR count). The highest BCUT2D eigenvalue weighted by Gasteiger charge is 2.37. The van der Waals surface area contributed by atoms with E-state index in [-0.39, 0.29) is 5.91 Å². The van der Waals surface area contributed by atoms with Crippen LogP contribution in [0.5, 0.6) is 0 Å². The smallest absolute Gasteiger partial charge is 0.244 e. The number of benzene rings is 1. The van der Waals surface area contributed by atoms with Crippen molar-refractivity contribution in [2.24, 2.45) is 11.7 Å². The number of halogens is 1. The van der Waals surface area contributed by atoms with Crippen LogP contribution in [0.1, 0.15) is 38.2 Å². The molecule has 0 aromatic heterocycles. The average Bonchev–Trinajstić information content (AvgIpc) is 2.33. The molecule has 0 aliphatic heterocycles. The van der Waals surface area contributed by atoms with Crippen LogP contribution in [0.4, 0.5) is 5.69 Å². The number of rotatable bonds is 2. The molecule has 0 spiro atoms. The maximum Gasteiger partial charge on any atom is 0.244 e. The van der Waals surface area contributed by atoms with E-state index in [4.69, 9.17) is 5.73 Å². The third-order valence-electron chi connectivity index (χ3n) is 3.90. The number of carbonyl (C=O) groups is 1. The van der Waals surface area contributed by atoms with E-state index < -0.39 is 5.54 Å². The van der Waals surface area contributed by atoms with E-state index in [1.165, 1.54) is 6.42 Å². The van der Waals surface area contributed by atoms with Crippen LogP contribution >= 0.6 is 15.9 Å². The second-order valence-electron chi connectivity index (χ2n) is 5.78. The van der Waals surface area contributed by atoms with Gasteiger partial charge in [0.05, 0.1) is 5.54 Å². The molecule has 4 heteroatoms. The molecule has 1 amide bonds. The number of nitrogens with one attached hydrogen (secondary N) is 1. The molecule has 1 aliphatic rings. The Morgan fingerprint density at radius 2 is 2.26 bits per heavy atom. The van der Waals surface area contributed by atoms with Crippen LogP contribution in [0.15, 0.2) is 22.7 Å². The number of nitrogens with two attached hydrogens (primary N) is 1. The second-order valence-corrected chi connectivity index (χ2v) is 6.63. The van der Waals surface area contributed by atoms with Gasteiger partial charge in [0.15, 0.2) is 0 Å². The van der Waals surface area contributed by atoms with Crippen LogP contribution in [0.2, 0.25) is 0 Å². The summed E-state index contributed by atoms with van der Waals surface area (Å²) in [6.45, 7) is 4.17. The number of aryl methyl sites for hydroxylation is 1. The molecule has 1 fully saturated rings. The number of amides is 1. The SMILES string of the molecule is Cc1cc(NC(=O)C2(N)CCCC(C)C2)ccc1Br. The topological polar surface area (TPSA) is 55.1 Å². The first kappa shape index (κ1) is 14.5. The largest absolute Gasteiger partial charge is 0.324 e. The quantitative estimate of drug-likeness (QED) is 0.873. The highest BCUT2D eigenvalue weighted by molar-refractivity contribution is 9.10. The van der Waals surface area contributed by atoms with Gasteiger partial charge >= 0.3 is 0 Å². The average molecular weight is 325 g/mol. The zero-order valence-corrected chi connectivity index (χ0v) is 13.1. The monoisotopic (exact) mass is 324 g/mol. The molecule has 2 atom stereocenters. The minimum Gasteiger partial charge on any atom is -0.324 e. The third kappa shape index (κ3) is 3.37. The second kappa shape index (κ2) is 5.63. The summed E-state index contributed by atoms with van der Waals surface area (Å²) in [4.78, 5) is 12.4. The van der Waals surface area contributed by atoms with E-state index in [2.05, 4.69) is 28.2 Å². The van der Waals surface area contributed by atoms with Crippen molar-refractivity contribution in [3.63, 3.8) is 0 Å². The fourth-order valence-electron chi connectivity index (χ4n) is 2.78. The minimum atomic E-state index is -0.710. The standard InChI is InChI=1S/C15H21BrN2O/c1-10-4-3-7-15(17,9-10)14(19)18-12-5-6-13(16)11(2)8-12/h5-6,8,10H,3-4,7,9,17H2,1-2H3,(H,18,19). The normalized spacial score (nSPS) is 27.1. The van der Waals surface area contributed by atoms with Crippen molar-refractivity contribution in [3.05, 3.63) is 28.2 Å². The van der Waals surface area contributed by atoms with Gasteiger partial charge in [0.25, 0.3) is 0 Å². The zero-order valence-electron chi connectivity index (χ0n) is 11.5. The molecule has 0 saturated heterocycles. The van der Waals surface area contributed by atoms with Crippen LogP contribution in [0, 0.1) is 12.8 Å². The van der Waals surface area contributed by atoms with Crippen molar-refractivity contribution in [1.29, 1.82) is 0 Å². The van der Waals surface area contributed by atoms with Gasteiger partial charge in [-0.05, 0) is 49.4 Å². The number of carbonyl (C=O) groups excluding carboxylic acids is 1. The molecular formula is C15H21BrN2O. The summed E-state index contributed by atoms with van der Waals surface area (Å²) < 4.78 is 1.04. The molecule has 3 nitrogen and oxygen atoms in total. The number of hydrogen-bond donors (Lipinski definition) is 2. The van der Waals surface area contributed by atoms with Gasteiger partial charge in [-0.15, -0.1) is 0 Å². The minimum absolute atomic E-state index is 0.0548. The zero-order chi connectivity index (χ0) is 14.0. The lowest BCUT2D eigenvalue weighted by atomic mass is 9.76. The van der Waals surface area contributed by atoms with Gasteiger partial charge in [-0.1, -0.05) is 35.7 Å². The Morgan fingerprint density at radius 1 is 1.53 bits per heavy atom.